The normalized spacial score (nSPS) is 23.8. The van der Waals surface area contributed by atoms with E-state index < -0.39 is 0 Å². The molecule has 0 spiro atoms. The van der Waals surface area contributed by atoms with E-state index in [-0.39, 0.29) is 5.91 Å². The van der Waals surface area contributed by atoms with Crippen LogP contribution in [-0.4, -0.2) is 23.9 Å². The van der Waals surface area contributed by atoms with Gasteiger partial charge in [-0.1, -0.05) is 6.92 Å². The van der Waals surface area contributed by atoms with Crippen molar-refractivity contribution in [2.75, 3.05) is 13.1 Å². The summed E-state index contributed by atoms with van der Waals surface area (Å²) in [5.41, 5.74) is 1.45. The van der Waals surface area contributed by atoms with E-state index in [9.17, 15) is 4.79 Å². The van der Waals surface area contributed by atoms with E-state index >= 15 is 0 Å². The Morgan fingerprint density at radius 2 is 2.05 bits per heavy atom. The molecule has 2 heterocycles. The largest absolute Gasteiger partial charge is 0.338 e. The molecule has 1 unspecified atom stereocenters. The summed E-state index contributed by atoms with van der Waals surface area (Å²) in [6.45, 7) is 4.20. The maximum absolute atomic E-state index is 12.6. The number of fused-ring (bicyclic) bond motifs is 1. The monoisotopic (exact) mass is 277 g/mol. The second-order valence-electron chi connectivity index (χ2n) is 6.09. The molecule has 3 rings (SSSR count). The van der Waals surface area contributed by atoms with Crippen LogP contribution in [0.25, 0.3) is 0 Å². The molecule has 0 N–H and O–H groups in total. The van der Waals surface area contributed by atoms with Crippen molar-refractivity contribution >= 4 is 17.2 Å². The standard InChI is InChI=1S/C16H23NOS/c1-12-5-4-9-17(10-8-12)16(18)15-11-13-6-2-3-7-14(13)19-15/h11-12H,2-10H2,1H3. The summed E-state index contributed by atoms with van der Waals surface area (Å²) in [6.07, 6.45) is 8.54. The number of thiophene rings is 1. The highest BCUT2D eigenvalue weighted by molar-refractivity contribution is 7.14. The molecule has 2 aliphatic rings. The maximum atomic E-state index is 12.6. The Bertz CT molecular complexity index is 442. The zero-order chi connectivity index (χ0) is 13.2. The van der Waals surface area contributed by atoms with E-state index in [1.807, 2.05) is 0 Å². The number of rotatable bonds is 1. The minimum atomic E-state index is 0.286. The molecule has 1 aliphatic heterocycles. The second kappa shape index (κ2) is 5.66. The fourth-order valence-corrected chi connectivity index (χ4v) is 4.44. The van der Waals surface area contributed by atoms with Crippen molar-refractivity contribution in [3.8, 4) is 0 Å². The van der Waals surface area contributed by atoms with Crippen LogP contribution in [0.5, 0.6) is 0 Å². The molecule has 0 bridgehead atoms. The molecule has 19 heavy (non-hydrogen) atoms. The van der Waals surface area contributed by atoms with Gasteiger partial charge in [0.2, 0.25) is 0 Å². The number of amides is 1. The molecule has 1 amide bonds. The van der Waals surface area contributed by atoms with Crippen molar-refractivity contribution in [1.29, 1.82) is 0 Å². The van der Waals surface area contributed by atoms with Gasteiger partial charge in [-0.2, -0.15) is 0 Å². The van der Waals surface area contributed by atoms with Crippen molar-refractivity contribution in [2.24, 2.45) is 5.92 Å². The van der Waals surface area contributed by atoms with Crippen LogP contribution >= 0.6 is 11.3 Å². The molecule has 3 heteroatoms. The van der Waals surface area contributed by atoms with Crippen LogP contribution in [0.1, 0.15) is 59.1 Å². The van der Waals surface area contributed by atoms with Crippen molar-refractivity contribution in [2.45, 2.75) is 51.9 Å². The average Bonchev–Trinajstić information content (AvgIpc) is 2.74. The number of likely N-dealkylation sites (tertiary alicyclic amines) is 1. The maximum Gasteiger partial charge on any atom is 0.263 e. The Kier molecular flexibility index (Phi) is 3.92. The SMILES string of the molecule is CC1CCCN(C(=O)c2cc3c(s2)CCCC3)CC1. The van der Waals surface area contributed by atoms with Gasteiger partial charge in [0, 0.05) is 18.0 Å². The van der Waals surface area contributed by atoms with Gasteiger partial charge in [0.1, 0.15) is 0 Å². The highest BCUT2D eigenvalue weighted by Crippen LogP contribution is 2.31. The second-order valence-corrected chi connectivity index (χ2v) is 7.23. The fraction of sp³-hybridized carbons (Fsp3) is 0.688. The summed E-state index contributed by atoms with van der Waals surface area (Å²) in [4.78, 5) is 17.2. The summed E-state index contributed by atoms with van der Waals surface area (Å²) in [5.74, 6) is 1.06. The highest BCUT2D eigenvalue weighted by atomic mass is 32.1. The lowest BCUT2D eigenvalue weighted by molar-refractivity contribution is 0.0765. The predicted molar refractivity (Wildman–Crippen MR) is 79.9 cm³/mol. The first-order chi connectivity index (χ1) is 9.24. The lowest BCUT2D eigenvalue weighted by Crippen LogP contribution is -2.31. The Morgan fingerprint density at radius 3 is 2.89 bits per heavy atom. The molecule has 1 aromatic heterocycles. The van der Waals surface area contributed by atoms with Gasteiger partial charge in [-0.3, -0.25) is 4.79 Å². The minimum Gasteiger partial charge on any atom is -0.338 e. The molecule has 1 saturated heterocycles. The molecule has 1 atom stereocenters. The van der Waals surface area contributed by atoms with E-state index in [0.717, 1.165) is 36.7 Å². The molecular weight excluding hydrogens is 254 g/mol. The summed E-state index contributed by atoms with van der Waals surface area (Å²) in [5, 5.41) is 0. The summed E-state index contributed by atoms with van der Waals surface area (Å²) < 4.78 is 0. The first-order valence-corrected chi connectivity index (χ1v) is 8.46. The van der Waals surface area contributed by atoms with Gasteiger partial charge < -0.3 is 4.90 Å². The van der Waals surface area contributed by atoms with E-state index in [2.05, 4.69) is 17.9 Å². The molecule has 2 nitrogen and oxygen atoms in total. The number of carbonyl (C=O) groups excluding carboxylic acids is 1. The van der Waals surface area contributed by atoms with Gasteiger partial charge in [0.05, 0.1) is 4.88 Å². The van der Waals surface area contributed by atoms with Crippen LogP contribution in [0.2, 0.25) is 0 Å². The topological polar surface area (TPSA) is 20.3 Å². The Labute approximate surface area is 119 Å². The number of hydrogen-bond acceptors (Lipinski definition) is 2. The summed E-state index contributed by atoms with van der Waals surface area (Å²) in [7, 11) is 0. The third-order valence-corrected chi connectivity index (χ3v) is 5.74. The Balaban J connectivity index is 1.74. The van der Waals surface area contributed by atoms with Gasteiger partial charge >= 0.3 is 0 Å². The third kappa shape index (κ3) is 2.86. The molecule has 0 radical (unpaired) electrons. The van der Waals surface area contributed by atoms with Crippen molar-refractivity contribution in [3.05, 3.63) is 21.4 Å². The van der Waals surface area contributed by atoms with Crippen LogP contribution in [0, 0.1) is 5.92 Å². The van der Waals surface area contributed by atoms with Gasteiger partial charge in [-0.15, -0.1) is 11.3 Å². The van der Waals surface area contributed by atoms with Gasteiger partial charge in [0.15, 0.2) is 0 Å². The summed E-state index contributed by atoms with van der Waals surface area (Å²) >= 11 is 1.75. The lowest BCUT2D eigenvalue weighted by atomic mass is 9.99. The number of nitrogens with zero attached hydrogens (tertiary/aromatic N) is 1. The molecule has 1 fully saturated rings. The average molecular weight is 277 g/mol. The van der Waals surface area contributed by atoms with Gasteiger partial charge in [-0.05, 0) is 62.5 Å². The lowest BCUT2D eigenvalue weighted by Gasteiger charge is -2.19. The minimum absolute atomic E-state index is 0.286. The van der Waals surface area contributed by atoms with E-state index in [1.54, 1.807) is 11.3 Å². The summed E-state index contributed by atoms with van der Waals surface area (Å²) in [6, 6.07) is 2.18. The van der Waals surface area contributed by atoms with Crippen molar-refractivity contribution in [1.82, 2.24) is 4.90 Å². The van der Waals surface area contributed by atoms with E-state index in [4.69, 9.17) is 0 Å². The Morgan fingerprint density at radius 1 is 1.21 bits per heavy atom. The predicted octanol–water partition coefficient (Wildman–Crippen LogP) is 3.89. The number of carbonyl (C=O) groups is 1. The number of aryl methyl sites for hydroxylation is 2. The molecule has 0 saturated carbocycles. The van der Waals surface area contributed by atoms with Crippen LogP contribution in [-0.2, 0) is 12.8 Å². The first-order valence-electron chi connectivity index (χ1n) is 7.65. The fourth-order valence-electron chi connectivity index (χ4n) is 3.22. The zero-order valence-electron chi connectivity index (χ0n) is 11.8. The van der Waals surface area contributed by atoms with Crippen LogP contribution in [0.15, 0.2) is 6.07 Å². The van der Waals surface area contributed by atoms with E-state index in [1.165, 1.54) is 42.5 Å². The van der Waals surface area contributed by atoms with Crippen LogP contribution in [0.4, 0.5) is 0 Å². The van der Waals surface area contributed by atoms with Crippen LogP contribution in [0.3, 0.4) is 0 Å². The van der Waals surface area contributed by atoms with E-state index in [0.29, 0.717) is 0 Å². The van der Waals surface area contributed by atoms with Gasteiger partial charge in [0.25, 0.3) is 5.91 Å². The molecule has 0 aromatic carbocycles. The molecule has 1 aromatic rings. The van der Waals surface area contributed by atoms with Crippen molar-refractivity contribution < 1.29 is 4.79 Å². The molecule has 104 valence electrons. The third-order valence-electron chi connectivity index (χ3n) is 4.51. The first kappa shape index (κ1) is 13.2. The quantitative estimate of drug-likeness (QED) is 0.762. The molecule has 1 aliphatic carbocycles. The Hall–Kier alpha value is -0.830. The van der Waals surface area contributed by atoms with Crippen molar-refractivity contribution in [3.63, 3.8) is 0 Å². The van der Waals surface area contributed by atoms with Crippen LogP contribution < -0.4 is 0 Å². The van der Waals surface area contributed by atoms with Gasteiger partial charge in [-0.25, -0.2) is 0 Å². The smallest absolute Gasteiger partial charge is 0.263 e. The molecular formula is C16H23NOS. The number of hydrogen-bond donors (Lipinski definition) is 0. The zero-order valence-corrected chi connectivity index (χ0v) is 12.6. The highest BCUT2D eigenvalue weighted by Gasteiger charge is 2.23.